The maximum atomic E-state index is 12.4. The van der Waals surface area contributed by atoms with Crippen molar-refractivity contribution in [2.75, 3.05) is 6.54 Å². The van der Waals surface area contributed by atoms with Gasteiger partial charge in [0, 0.05) is 23.0 Å². The first-order valence-electron chi connectivity index (χ1n) is 8.03. The molecule has 0 saturated carbocycles. The largest absolute Gasteiger partial charge is 0.349 e. The summed E-state index contributed by atoms with van der Waals surface area (Å²) in [6.45, 7) is 6.65. The fourth-order valence-electron chi connectivity index (χ4n) is 2.78. The fraction of sp³-hybridized carbons (Fsp3) is 0.444. The fourth-order valence-corrected chi connectivity index (χ4v) is 3.92. The van der Waals surface area contributed by atoms with Crippen molar-refractivity contribution >= 4 is 53.7 Å². The van der Waals surface area contributed by atoms with Crippen LogP contribution >= 0.6 is 47.8 Å². The van der Waals surface area contributed by atoms with Crippen molar-refractivity contribution in [1.82, 2.24) is 10.3 Å². The Morgan fingerprint density at radius 2 is 2.00 bits per heavy atom. The van der Waals surface area contributed by atoms with E-state index in [-0.39, 0.29) is 42.7 Å². The third-order valence-corrected chi connectivity index (χ3v) is 5.00. The van der Waals surface area contributed by atoms with Crippen molar-refractivity contribution in [3.8, 4) is 10.6 Å². The molecule has 1 aromatic heterocycles. The molecule has 1 unspecified atom stereocenters. The van der Waals surface area contributed by atoms with Gasteiger partial charge >= 0.3 is 0 Å². The molecule has 3 N–H and O–H groups in total. The average molecular weight is 439 g/mol. The van der Waals surface area contributed by atoms with Crippen LogP contribution in [0.5, 0.6) is 0 Å². The summed E-state index contributed by atoms with van der Waals surface area (Å²) in [5, 5.41) is 6.45. The molecule has 0 bridgehead atoms. The Morgan fingerprint density at radius 3 is 2.58 bits per heavy atom. The van der Waals surface area contributed by atoms with Gasteiger partial charge in [0.05, 0.1) is 17.1 Å². The van der Waals surface area contributed by atoms with Crippen LogP contribution in [0.2, 0.25) is 5.02 Å². The Morgan fingerprint density at radius 1 is 1.35 bits per heavy atom. The second-order valence-corrected chi connectivity index (χ2v) is 7.98. The lowest BCUT2D eigenvalue weighted by Gasteiger charge is -2.31. The maximum absolute atomic E-state index is 12.4. The molecule has 0 aliphatic heterocycles. The van der Waals surface area contributed by atoms with E-state index in [2.05, 4.69) is 24.1 Å². The van der Waals surface area contributed by atoms with E-state index in [1.807, 2.05) is 36.6 Å². The number of carbonyl (C=O) groups excluding carboxylic acids is 1. The Balaban J connectivity index is 0.00000312. The van der Waals surface area contributed by atoms with Crippen molar-refractivity contribution in [2.24, 2.45) is 11.7 Å². The van der Waals surface area contributed by atoms with Crippen molar-refractivity contribution in [3.05, 3.63) is 40.4 Å². The first-order chi connectivity index (χ1) is 11.3. The van der Waals surface area contributed by atoms with Gasteiger partial charge in [-0.05, 0) is 25.3 Å². The van der Waals surface area contributed by atoms with Crippen LogP contribution in [0.25, 0.3) is 10.6 Å². The summed E-state index contributed by atoms with van der Waals surface area (Å²) in [4.78, 5) is 16.9. The molecule has 146 valence electrons. The molecular formula is C18H26Cl3N3OS. The highest BCUT2D eigenvalue weighted by molar-refractivity contribution is 7.13. The standard InChI is InChI=1S/C18H24ClN3OS.2ClH/c1-12(2)9-18(3,11-20)22-16(23)8-13-10-24-17(21-13)14-6-4-5-7-15(14)19;;/h4-7,10,12H,8-9,11,20H2,1-3H3,(H,22,23);2*1H. The molecule has 1 aromatic carbocycles. The van der Waals surface area contributed by atoms with Crippen LogP contribution in [-0.4, -0.2) is 23.0 Å². The Bertz CT molecular complexity index is 708. The normalized spacial score (nSPS) is 12.7. The average Bonchev–Trinajstić information content (AvgIpc) is 2.94. The molecular weight excluding hydrogens is 413 g/mol. The Labute approximate surface area is 176 Å². The number of nitrogens with two attached hydrogens (primary N) is 1. The van der Waals surface area contributed by atoms with E-state index in [0.29, 0.717) is 17.5 Å². The highest BCUT2D eigenvalue weighted by atomic mass is 35.5. The third-order valence-electron chi connectivity index (χ3n) is 3.75. The van der Waals surface area contributed by atoms with Crippen LogP contribution in [0.3, 0.4) is 0 Å². The summed E-state index contributed by atoms with van der Waals surface area (Å²) in [5.74, 6) is 0.407. The smallest absolute Gasteiger partial charge is 0.226 e. The van der Waals surface area contributed by atoms with Crippen LogP contribution in [0.4, 0.5) is 0 Å². The predicted octanol–water partition coefficient (Wildman–Crippen LogP) is 4.73. The summed E-state index contributed by atoms with van der Waals surface area (Å²) in [6, 6.07) is 7.58. The van der Waals surface area contributed by atoms with E-state index in [0.717, 1.165) is 22.7 Å². The lowest BCUT2D eigenvalue weighted by molar-refractivity contribution is -0.122. The molecule has 1 amide bonds. The second-order valence-electron chi connectivity index (χ2n) is 6.71. The second kappa shape index (κ2) is 11.1. The highest BCUT2D eigenvalue weighted by Crippen LogP contribution is 2.30. The van der Waals surface area contributed by atoms with Crippen LogP contribution in [-0.2, 0) is 11.2 Å². The number of amides is 1. The van der Waals surface area contributed by atoms with E-state index < -0.39 is 0 Å². The van der Waals surface area contributed by atoms with E-state index in [9.17, 15) is 4.79 Å². The molecule has 0 radical (unpaired) electrons. The molecule has 0 fully saturated rings. The first kappa shape index (κ1) is 25.2. The zero-order chi connectivity index (χ0) is 17.7. The number of hydrogen-bond donors (Lipinski definition) is 2. The van der Waals surface area contributed by atoms with Gasteiger partial charge < -0.3 is 11.1 Å². The van der Waals surface area contributed by atoms with Crippen molar-refractivity contribution in [2.45, 2.75) is 39.2 Å². The lowest BCUT2D eigenvalue weighted by atomic mass is 9.90. The number of rotatable bonds is 7. The minimum atomic E-state index is -0.382. The zero-order valence-corrected chi connectivity index (χ0v) is 18.3. The lowest BCUT2D eigenvalue weighted by Crippen LogP contribution is -2.52. The molecule has 2 rings (SSSR count). The summed E-state index contributed by atoms with van der Waals surface area (Å²) < 4.78 is 0. The number of nitrogens with zero attached hydrogens (tertiary/aromatic N) is 1. The van der Waals surface area contributed by atoms with Gasteiger partial charge in [-0.2, -0.15) is 0 Å². The highest BCUT2D eigenvalue weighted by Gasteiger charge is 2.26. The van der Waals surface area contributed by atoms with Gasteiger partial charge in [-0.15, -0.1) is 36.2 Å². The molecule has 26 heavy (non-hydrogen) atoms. The molecule has 0 aliphatic carbocycles. The quantitative estimate of drug-likeness (QED) is 0.656. The van der Waals surface area contributed by atoms with Crippen molar-refractivity contribution in [3.63, 3.8) is 0 Å². The summed E-state index contributed by atoms with van der Waals surface area (Å²) in [6.07, 6.45) is 1.09. The SMILES string of the molecule is CC(C)CC(C)(CN)NC(=O)Cc1csc(-c2ccccc2Cl)n1.Cl.Cl. The van der Waals surface area contributed by atoms with Gasteiger partial charge in [0.25, 0.3) is 0 Å². The number of aromatic nitrogens is 1. The third kappa shape index (κ3) is 7.05. The van der Waals surface area contributed by atoms with E-state index in [1.54, 1.807) is 0 Å². The number of halogens is 3. The molecule has 8 heteroatoms. The first-order valence-corrected chi connectivity index (χ1v) is 9.29. The predicted molar refractivity (Wildman–Crippen MR) is 116 cm³/mol. The van der Waals surface area contributed by atoms with Crippen molar-refractivity contribution < 1.29 is 4.79 Å². The Kier molecular flexibility index (Phi) is 10.7. The van der Waals surface area contributed by atoms with Crippen LogP contribution < -0.4 is 11.1 Å². The minimum Gasteiger partial charge on any atom is -0.349 e. The summed E-state index contributed by atoms with van der Waals surface area (Å²) in [7, 11) is 0. The molecule has 0 aliphatic rings. The molecule has 2 aromatic rings. The number of nitrogens with one attached hydrogen (secondary N) is 1. The number of benzene rings is 1. The van der Waals surface area contributed by atoms with E-state index in [4.69, 9.17) is 17.3 Å². The van der Waals surface area contributed by atoms with Gasteiger partial charge in [0.2, 0.25) is 5.91 Å². The topological polar surface area (TPSA) is 68.0 Å². The van der Waals surface area contributed by atoms with Crippen LogP contribution in [0.1, 0.15) is 32.9 Å². The molecule has 1 atom stereocenters. The summed E-state index contributed by atoms with van der Waals surface area (Å²) in [5.41, 5.74) is 7.11. The molecule has 0 spiro atoms. The van der Waals surface area contributed by atoms with E-state index in [1.165, 1.54) is 11.3 Å². The van der Waals surface area contributed by atoms with Gasteiger partial charge in [-0.3, -0.25) is 4.79 Å². The van der Waals surface area contributed by atoms with Gasteiger partial charge in [-0.1, -0.05) is 43.6 Å². The van der Waals surface area contributed by atoms with Crippen LogP contribution in [0, 0.1) is 5.92 Å². The summed E-state index contributed by atoms with van der Waals surface area (Å²) >= 11 is 7.69. The molecule has 1 heterocycles. The van der Waals surface area contributed by atoms with Gasteiger partial charge in [0.1, 0.15) is 5.01 Å². The Hall–Kier alpha value is -0.850. The zero-order valence-electron chi connectivity index (χ0n) is 15.1. The minimum absolute atomic E-state index is 0. The molecule has 0 saturated heterocycles. The van der Waals surface area contributed by atoms with Gasteiger partial charge in [0.15, 0.2) is 0 Å². The monoisotopic (exact) mass is 437 g/mol. The van der Waals surface area contributed by atoms with Gasteiger partial charge in [-0.25, -0.2) is 4.98 Å². The maximum Gasteiger partial charge on any atom is 0.226 e. The van der Waals surface area contributed by atoms with E-state index >= 15 is 0 Å². The number of carbonyl (C=O) groups is 1. The molecule has 4 nitrogen and oxygen atoms in total. The van der Waals surface area contributed by atoms with Crippen molar-refractivity contribution in [1.29, 1.82) is 0 Å². The number of thiazole rings is 1. The number of hydrogen-bond acceptors (Lipinski definition) is 4. The van der Waals surface area contributed by atoms with Crippen LogP contribution in [0.15, 0.2) is 29.6 Å².